The van der Waals surface area contributed by atoms with Gasteiger partial charge in [0.1, 0.15) is 5.76 Å². The lowest BCUT2D eigenvalue weighted by atomic mass is 10.3. The summed E-state index contributed by atoms with van der Waals surface area (Å²) in [6.07, 6.45) is 0.331. The number of rotatable bonds is 5. The van der Waals surface area contributed by atoms with E-state index in [1.54, 1.807) is 36.5 Å². The second-order valence-corrected chi connectivity index (χ2v) is 5.59. The molecule has 0 aliphatic carbocycles. The first-order chi connectivity index (χ1) is 10.7. The third-order valence-electron chi connectivity index (χ3n) is 2.73. The number of nitrogens with zero attached hydrogens (tertiary/aromatic N) is 3. The summed E-state index contributed by atoms with van der Waals surface area (Å²) in [6, 6.07) is 8.97. The molecular weight excluding hydrogens is 302 g/mol. The van der Waals surface area contributed by atoms with Crippen LogP contribution in [0.3, 0.4) is 0 Å². The summed E-state index contributed by atoms with van der Waals surface area (Å²) in [7, 11) is 0. The molecule has 0 atom stereocenters. The van der Waals surface area contributed by atoms with Crippen LogP contribution in [0.15, 0.2) is 40.2 Å². The number of carbonyl (C=O) groups is 1. The van der Waals surface area contributed by atoms with E-state index in [0.717, 1.165) is 4.88 Å². The van der Waals surface area contributed by atoms with Gasteiger partial charge in [0.25, 0.3) is 0 Å². The highest BCUT2D eigenvalue weighted by Gasteiger charge is 2.07. The summed E-state index contributed by atoms with van der Waals surface area (Å²) in [5, 5.41) is 19.3. The Kier molecular flexibility index (Phi) is 4.10. The minimum absolute atomic E-state index is 0.121. The minimum atomic E-state index is -0.121. The normalized spacial score (nSPS) is 10.4. The standard InChI is InChI=1S/C14H13N5O2S/c1-9-7-13(19-21-9)15-11-4-5-12(18-17-11)16-14(20)8-10-3-2-6-22-10/h2-7H,8H2,1H3,(H,15,17,19)(H,16,18,20). The molecule has 8 heteroatoms. The van der Waals surface area contributed by atoms with Crippen LogP contribution in [-0.2, 0) is 11.2 Å². The van der Waals surface area contributed by atoms with Gasteiger partial charge in [0.05, 0.1) is 6.42 Å². The van der Waals surface area contributed by atoms with Gasteiger partial charge in [-0.2, -0.15) is 0 Å². The molecule has 112 valence electrons. The van der Waals surface area contributed by atoms with Crippen LogP contribution in [0.5, 0.6) is 0 Å². The number of aromatic nitrogens is 3. The number of carbonyl (C=O) groups excluding carboxylic acids is 1. The van der Waals surface area contributed by atoms with Gasteiger partial charge in [-0.1, -0.05) is 11.2 Å². The Morgan fingerprint density at radius 2 is 2.05 bits per heavy atom. The molecule has 1 amide bonds. The van der Waals surface area contributed by atoms with Gasteiger partial charge in [0, 0.05) is 10.9 Å². The van der Waals surface area contributed by atoms with E-state index >= 15 is 0 Å². The molecule has 3 aromatic heterocycles. The van der Waals surface area contributed by atoms with Crippen molar-refractivity contribution in [1.82, 2.24) is 15.4 Å². The third kappa shape index (κ3) is 3.67. The predicted molar refractivity (Wildman–Crippen MR) is 83.2 cm³/mol. The van der Waals surface area contributed by atoms with Gasteiger partial charge in [0.15, 0.2) is 17.5 Å². The molecule has 0 aliphatic heterocycles. The summed E-state index contributed by atoms with van der Waals surface area (Å²) in [5.74, 6) is 2.06. The SMILES string of the molecule is Cc1cc(Nc2ccc(NC(=O)Cc3cccs3)nn2)no1. The number of amides is 1. The molecule has 7 nitrogen and oxygen atoms in total. The molecule has 2 N–H and O–H groups in total. The van der Waals surface area contributed by atoms with Crippen molar-refractivity contribution in [3.63, 3.8) is 0 Å². The third-order valence-corrected chi connectivity index (χ3v) is 3.61. The lowest BCUT2D eigenvalue weighted by Crippen LogP contribution is -2.15. The van der Waals surface area contributed by atoms with Crippen LogP contribution in [0.1, 0.15) is 10.6 Å². The van der Waals surface area contributed by atoms with E-state index in [1.165, 1.54) is 0 Å². The van der Waals surface area contributed by atoms with E-state index in [2.05, 4.69) is 26.0 Å². The zero-order chi connectivity index (χ0) is 15.4. The summed E-state index contributed by atoms with van der Waals surface area (Å²) in [5.41, 5.74) is 0. The van der Waals surface area contributed by atoms with Crippen LogP contribution in [-0.4, -0.2) is 21.3 Å². The first kappa shape index (κ1) is 14.2. The van der Waals surface area contributed by atoms with Gasteiger partial charge < -0.3 is 15.2 Å². The highest BCUT2D eigenvalue weighted by atomic mass is 32.1. The summed E-state index contributed by atoms with van der Waals surface area (Å²) in [6.45, 7) is 1.80. The molecule has 0 unspecified atom stereocenters. The summed E-state index contributed by atoms with van der Waals surface area (Å²) >= 11 is 1.54. The van der Waals surface area contributed by atoms with Gasteiger partial charge in [-0.25, -0.2) is 0 Å². The Morgan fingerprint density at radius 1 is 1.23 bits per heavy atom. The van der Waals surface area contributed by atoms with Crippen molar-refractivity contribution in [2.75, 3.05) is 10.6 Å². The monoisotopic (exact) mass is 315 g/mol. The van der Waals surface area contributed by atoms with Crippen molar-refractivity contribution in [2.45, 2.75) is 13.3 Å². The molecule has 3 rings (SSSR count). The van der Waals surface area contributed by atoms with E-state index in [4.69, 9.17) is 4.52 Å². The molecule has 0 spiro atoms. The number of hydrogen-bond acceptors (Lipinski definition) is 7. The molecule has 3 heterocycles. The zero-order valence-corrected chi connectivity index (χ0v) is 12.6. The Balaban J connectivity index is 1.58. The molecule has 0 saturated heterocycles. The second-order valence-electron chi connectivity index (χ2n) is 4.56. The van der Waals surface area contributed by atoms with Crippen molar-refractivity contribution >= 4 is 34.7 Å². The highest BCUT2D eigenvalue weighted by molar-refractivity contribution is 7.10. The highest BCUT2D eigenvalue weighted by Crippen LogP contribution is 2.15. The fourth-order valence-electron chi connectivity index (χ4n) is 1.78. The van der Waals surface area contributed by atoms with Gasteiger partial charge >= 0.3 is 0 Å². The average Bonchev–Trinajstić information content (AvgIpc) is 3.13. The van der Waals surface area contributed by atoms with Crippen LogP contribution in [0.4, 0.5) is 17.5 Å². The number of nitrogens with one attached hydrogen (secondary N) is 2. The van der Waals surface area contributed by atoms with Crippen LogP contribution in [0.25, 0.3) is 0 Å². The van der Waals surface area contributed by atoms with E-state index in [-0.39, 0.29) is 5.91 Å². The summed E-state index contributed by atoms with van der Waals surface area (Å²) in [4.78, 5) is 12.9. The Hall–Kier alpha value is -2.74. The molecule has 22 heavy (non-hydrogen) atoms. The van der Waals surface area contributed by atoms with Gasteiger partial charge in [-0.3, -0.25) is 4.79 Å². The van der Waals surface area contributed by atoms with E-state index < -0.39 is 0 Å². The lowest BCUT2D eigenvalue weighted by molar-refractivity contribution is -0.115. The van der Waals surface area contributed by atoms with Crippen molar-refractivity contribution in [3.05, 3.63) is 46.3 Å². The molecule has 0 fully saturated rings. The predicted octanol–water partition coefficient (Wildman–Crippen LogP) is 2.76. The van der Waals surface area contributed by atoms with E-state index in [9.17, 15) is 4.79 Å². The number of aryl methyl sites for hydroxylation is 1. The number of anilines is 3. The Morgan fingerprint density at radius 3 is 2.68 bits per heavy atom. The molecular formula is C14H13N5O2S. The quantitative estimate of drug-likeness (QED) is 0.752. The van der Waals surface area contributed by atoms with Gasteiger partial charge in [0.2, 0.25) is 5.91 Å². The number of thiophene rings is 1. The zero-order valence-electron chi connectivity index (χ0n) is 11.7. The maximum Gasteiger partial charge on any atom is 0.230 e. The molecule has 0 aromatic carbocycles. The van der Waals surface area contributed by atoms with Crippen LogP contribution < -0.4 is 10.6 Å². The van der Waals surface area contributed by atoms with Crippen LogP contribution >= 0.6 is 11.3 Å². The minimum Gasteiger partial charge on any atom is -0.360 e. The first-order valence-electron chi connectivity index (χ1n) is 6.55. The van der Waals surface area contributed by atoms with Crippen LogP contribution in [0.2, 0.25) is 0 Å². The van der Waals surface area contributed by atoms with Crippen molar-refractivity contribution in [3.8, 4) is 0 Å². The van der Waals surface area contributed by atoms with E-state index in [0.29, 0.717) is 29.6 Å². The average molecular weight is 315 g/mol. The topological polar surface area (TPSA) is 92.9 Å². The lowest BCUT2D eigenvalue weighted by Gasteiger charge is -2.04. The maximum absolute atomic E-state index is 11.8. The smallest absolute Gasteiger partial charge is 0.230 e. The largest absolute Gasteiger partial charge is 0.360 e. The molecule has 0 bridgehead atoms. The molecule has 0 saturated carbocycles. The maximum atomic E-state index is 11.8. The summed E-state index contributed by atoms with van der Waals surface area (Å²) < 4.78 is 4.95. The molecule has 3 aromatic rings. The Bertz CT molecular complexity index is 752. The van der Waals surface area contributed by atoms with Gasteiger partial charge in [-0.15, -0.1) is 21.5 Å². The first-order valence-corrected chi connectivity index (χ1v) is 7.43. The fraction of sp³-hybridized carbons (Fsp3) is 0.143. The van der Waals surface area contributed by atoms with Crippen molar-refractivity contribution in [1.29, 1.82) is 0 Å². The van der Waals surface area contributed by atoms with Crippen molar-refractivity contribution in [2.24, 2.45) is 0 Å². The molecule has 0 radical (unpaired) electrons. The Labute approximate surface area is 130 Å². The molecule has 0 aliphatic rings. The van der Waals surface area contributed by atoms with Gasteiger partial charge in [-0.05, 0) is 30.5 Å². The number of hydrogen-bond donors (Lipinski definition) is 2. The second kappa shape index (κ2) is 6.35. The van der Waals surface area contributed by atoms with Crippen molar-refractivity contribution < 1.29 is 9.32 Å². The van der Waals surface area contributed by atoms with Crippen LogP contribution in [0, 0.1) is 6.92 Å². The fourth-order valence-corrected chi connectivity index (χ4v) is 2.48. The van der Waals surface area contributed by atoms with E-state index in [1.807, 2.05) is 17.5 Å².